The Bertz CT molecular complexity index is 1080. The van der Waals surface area contributed by atoms with Gasteiger partial charge >= 0.3 is 16.2 Å². The first kappa shape index (κ1) is 20.6. The van der Waals surface area contributed by atoms with Gasteiger partial charge in [-0.15, -0.1) is 3.97 Å². The van der Waals surface area contributed by atoms with Gasteiger partial charge in [-0.3, -0.25) is 0 Å². The number of esters is 1. The number of benzene rings is 2. The van der Waals surface area contributed by atoms with E-state index in [1.807, 2.05) is 48.5 Å². The van der Waals surface area contributed by atoms with Crippen LogP contribution in [0.1, 0.15) is 5.56 Å². The zero-order chi connectivity index (χ0) is 20.9. The summed E-state index contributed by atoms with van der Waals surface area (Å²) in [5.74, 6) is 0.879. The fourth-order valence-corrected chi connectivity index (χ4v) is 3.30. The molecule has 3 rings (SSSR count). The molecule has 152 valence electrons. The molecule has 0 spiro atoms. The van der Waals surface area contributed by atoms with E-state index in [-0.39, 0.29) is 13.2 Å². The second-order valence-electron chi connectivity index (χ2n) is 6.43. The molecule has 0 aliphatic carbocycles. The van der Waals surface area contributed by atoms with Crippen molar-refractivity contribution in [1.82, 2.24) is 8.28 Å². The molecule has 0 aliphatic rings. The lowest BCUT2D eigenvalue weighted by Crippen LogP contribution is -2.37. The highest BCUT2D eigenvalue weighted by atomic mass is 32.2. The number of nitrogens with zero attached hydrogens (tertiary/aromatic N) is 3. The first-order chi connectivity index (χ1) is 13.8. The predicted molar refractivity (Wildman–Crippen MR) is 105 cm³/mol. The van der Waals surface area contributed by atoms with Crippen LogP contribution >= 0.6 is 0 Å². The highest BCUT2D eigenvalue weighted by molar-refractivity contribution is 7.87. The van der Waals surface area contributed by atoms with Crippen LogP contribution in [0, 0.1) is 0 Å². The van der Waals surface area contributed by atoms with Crippen molar-refractivity contribution in [3.05, 3.63) is 78.9 Å². The molecule has 0 saturated heterocycles. The number of carbonyl (C=O) groups excluding carboxylic acids is 1. The molecule has 8 nitrogen and oxygen atoms in total. The molecule has 0 aliphatic heterocycles. The number of rotatable bonds is 8. The van der Waals surface area contributed by atoms with E-state index in [2.05, 4.69) is 0 Å². The van der Waals surface area contributed by atoms with Gasteiger partial charge in [-0.1, -0.05) is 30.3 Å². The second kappa shape index (κ2) is 8.89. The van der Waals surface area contributed by atoms with Gasteiger partial charge in [0.25, 0.3) is 6.33 Å². The van der Waals surface area contributed by atoms with E-state index in [9.17, 15) is 13.2 Å². The molecule has 29 heavy (non-hydrogen) atoms. The Balaban J connectivity index is 1.56. The number of ether oxygens (including phenoxy) is 2. The first-order valence-electron chi connectivity index (χ1n) is 8.82. The summed E-state index contributed by atoms with van der Waals surface area (Å²) in [5.41, 5.74) is 0.782. The summed E-state index contributed by atoms with van der Waals surface area (Å²) in [6, 6.07) is 16.7. The molecule has 9 heteroatoms. The topological polar surface area (TPSA) is 81.7 Å². The number of hydrogen-bond acceptors (Lipinski definition) is 5. The lowest BCUT2D eigenvalue weighted by atomic mass is 10.2. The summed E-state index contributed by atoms with van der Waals surface area (Å²) in [4.78, 5) is 12.1. The minimum atomic E-state index is -3.61. The van der Waals surface area contributed by atoms with E-state index < -0.39 is 16.2 Å². The van der Waals surface area contributed by atoms with E-state index in [1.165, 1.54) is 37.4 Å². The molecule has 0 amide bonds. The van der Waals surface area contributed by atoms with Crippen LogP contribution in [0.25, 0.3) is 0 Å². The lowest BCUT2D eigenvalue weighted by molar-refractivity contribution is -0.685. The number of aromatic nitrogens is 2. The average molecular weight is 416 g/mol. The highest BCUT2D eigenvalue weighted by Gasteiger charge is 2.23. The minimum Gasteiger partial charge on any atom is -0.458 e. The smallest absolute Gasteiger partial charge is 0.379 e. The highest BCUT2D eigenvalue weighted by Crippen LogP contribution is 2.22. The van der Waals surface area contributed by atoms with E-state index in [0.29, 0.717) is 5.75 Å². The van der Waals surface area contributed by atoms with Gasteiger partial charge in [0.05, 0.1) is 0 Å². The quantitative estimate of drug-likeness (QED) is 0.414. The molecule has 3 aromatic rings. The normalized spacial score (nSPS) is 11.4. The summed E-state index contributed by atoms with van der Waals surface area (Å²) in [6.45, 7) is -0.0156. The maximum absolute atomic E-state index is 12.1. The van der Waals surface area contributed by atoms with Gasteiger partial charge in [0.15, 0.2) is 6.54 Å². The fourth-order valence-electron chi connectivity index (χ4n) is 2.47. The maximum Gasteiger partial charge on any atom is 0.379 e. The third-order valence-electron chi connectivity index (χ3n) is 3.98. The lowest BCUT2D eigenvalue weighted by Gasteiger charge is -2.08. The number of carbonyl (C=O) groups is 1. The Morgan fingerprint density at radius 1 is 1.07 bits per heavy atom. The third kappa shape index (κ3) is 5.43. The summed E-state index contributed by atoms with van der Waals surface area (Å²) in [7, 11) is -0.746. The van der Waals surface area contributed by atoms with Crippen LogP contribution in [0.15, 0.2) is 73.3 Å². The van der Waals surface area contributed by atoms with Crippen molar-refractivity contribution in [3.8, 4) is 11.5 Å². The fraction of sp³-hybridized carbons (Fsp3) is 0.200. The van der Waals surface area contributed by atoms with Crippen LogP contribution in [0.4, 0.5) is 0 Å². The van der Waals surface area contributed by atoms with Gasteiger partial charge in [0.2, 0.25) is 0 Å². The Kier molecular flexibility index (Phi) is 6.30. The van der Waals surface area contributed by atoms with Gasteiger partial charge in [-0.05, 0) is 29.8 Å². The Morgan fingerprint density at radius 2 is 1.79 bits per heavy atom. The van der Waals surface area contributed by atoms with Crippen molar-refractivity contribution in [3.63, 3.8) is 0 Å². The average Bonchev–Trinajstić information content (AvgIpc) is 3.16. The Hall–Kier alpha value is -3.17. The minimum absolute atomic E-state index is 0.0854. The van der Waals surface area contributed by atoms with Gasteiger partial charge < -0.3 is 9.47 Å². The molecule has 0 unspecified atom stereocenters. The van der Waals surface area contributed by atoms with E-state index in [0.717, 1.165) is 19.6 Å². The number of imidazole rings is 1. The molecule has 2 aromatic carbocycles. The summed E-state index contributed by atoms with van der Waals surface area (Å²) in [5, 5.41) is 0. The molecule has 0 N–H and O–H groups in total. The van der Waals surface area contributed by atoms with Crippen molar-refractivity contribution in [1.29, 1.82) is 0 Å². The van der Waals surface area contributed by atoms with Crippen LogP contribution in [0.2, 0.25) is 0 Å². The molecule has 1 aromatic heterocycles. The molecule has 0 radical (unpaired) electrons. The molecular weight excluding hydrogens is 394 g/mol. The largest absolute Gasteiger partial charge is 0.458 e. The van der Waals surface area contributed by atoms with Crippen LogP contribution < -0.4 is 9.30 Å². The monoisotopic (exact) mass is 416 g/mol. The maximum atomic E-state index is 12.1. The molecule has 0 bridgehead atoms. The number of para-hydroxylation sites is 1. The SMILES string of the molecule is CN(C)S(=O)(=O)n1cc[n+](CC(=O)OCc2cccc(Oc3ccccc3)c2)c1. The molecular formula is C20H22N3O5S+. The molecule has 0 saturated carbocycles. The molecule has 1 heterocycles. The predicted octanol–water partition coefficient (Wildman–Crippen LogP) is 1.97. The van der Waals surface area contributed by atoms with E-state index in [1.54, 1.807) is 6.07 Å². The van der Waals surface area contributed by atoms with E-state index >= 15 is 0 Å². The zero-order valence-electron chi connectivity index (χ0n) is 16.1. The molecule has 0 atom stereocenters. The van der Waals surface area contributed by atoms with E-state index in [4.69, 9.17) is 9.47 Å². The van der Waals surface area contributed by atoms with Crippen LogP contribution in [-0.2, 0) is 32.9 Å². The van der Waals surface area contributed by atoms with Crippen LogP contribution in [0.3, 0.4) is 0 Å². The summed E-state index contributed by atoms with van der Waals surface area (Å²) in [6.07, 6.45) is 4.19. The van der Waals surface area contributed by atoms with Crippen molar-refractivity contribution in [2.45, 2.75) is 13.2 Å². The molecule has 0 fully saturated rings. The van der Waals surface area contributed by atoms with Crippen molar-refractivity contribution < 1.29 is 27.3 Å². The van der Waals surface area contributed by atoms with Crippen molar-refractivity contribution in [2.24, 2.45) is 0 Å². The Labute approximate surface area is 169 Å². The summed E-state index contributed by atoms with van der Waals surface area (Å²) >= 11 is 0. The van der Waals surface area contributed by atoms with Gasteiger partial charge in [0.1, 0.15) is 30.5 Å². The van der Waals surface area contributed by atoms with Crippen molar-refractivity contribution in [2.75, 3.05) is 14.1 Å². The standard InChI is InChI=1S/C20H22N3O5S/c1-21(2)29(25,26)23-12-11-22(16-23)14-20(24)27-15-17-7-6-10-19(13-17)28-18-8-4-3-5-9-18/h3-13,16H,14-15H2,1-2H3/q+1. The van der Waals surface area contributed by atoms with Gasteiger partial charge in [0, 0.05) is 14.1 Å². The van der Waals surface area contributed by atoms with Crippen LogP contribution in [-0.4, -0.2) is 36.8 Å². The number of hydrogen-bond donors (Lipinski definition) is 0. The summed E-state index contributed by atoms with van der Waals surface area (Å²) < 4.78 is 38.7. The first-order valence-corrected chi connectivity index (χ1v) is 10.2. The van der Waals surface area contributed by atoms with Crippen molar-refractivity contribution >= 4 is 16.2 Å². The Morgan fingerprint density at radius 3 is 2.52 bits per heavy atom. The van der Waals surface area contributed by atoms with Gasteiger partial charge in [-0.25, -0.2) is 9.36 Å². The second-order valence-corrected chi connectivity index (χ2v) is 8.48. The van der Waals surface area contributed by atoms with Gasteiger partial charge in [-0.2, -0.15) is 12.7 Å². The zero-order valence-corrected chi connectivity index (χ0v) is 17.0. The third-order valence-corrected chi connectivity index (χ3v) is 5.66. The van der Waals surface area contributed by atoms with Crippen LogP contribution in [0.5, 0.6) is 11.5 Å².